The number of hydrogen-bond acceptors (Lipinski definition) is 5. The van der Waals surface area contributed by atoms with E-state index in [-0.39, 0.29) is 12.6 Å². The molecule has 0 aliphatic heterocycles. The van der Waals surface area contributed by atoms with Gasteiger partial charge in [0.15, 0.2) is 0 Å². The van der Waals surface area contributed by atoms with Crippen molar-refractivity contribution in [1.29, 1.82) is 0 Å². The number of pyridine rings is 1. The second-order valence-electron chi connectivity index (χ2n) is 5.26. The van der Waals surface area contributed by atoms with Crippen molar-refractivity contribution in [1.82, 2.24) is 9.55 Å². The minimum absolute atomic E-state index is 0.236. The van der Waals surface area contributed by atoms with E-state index in [4.69, 9.17) is 9.47 Å². The Hall–Kier alpha value is -2.18. The number of ether oxygens (including phenoxy) is 2. The van der Waals surface area contributed by atoms with E-state index in [0.29, 0.717) is 11.5 Å². The van der Waals surface area contributed by atoms with Crippen LogP contribution in [-0.4, -0.2) is 35.8 Å². The van der Waals surface area contributed by atoms with Crippen LogP contribution in [0.15, 0.2) is 30.6 Å². The molecule has 5 nitrogen and oxygen atoms in total. The molecular formula is C17H18N2O3S. The molecule has 0 fully saturated rings. The Morgan fingerprint density at radius 1 is 1.26 bits per heavy atom. The van der Waals surface area contributed by atoms with E-state index in [9.17, 15) is 4.79 Å². The zero-order chi connectivity index (χ0) is 16.4. The molecule has 0 atom stereocenters. The lowest BCUT2D eigenvalue weighted by Crippen LogP contribution is -2.10. The molecule has 0 aliphatic carbocycles. The Kier molecular flexibility index (Phi) is 4.45. The quantitative estimate of drug-likeness (QED) is 0.531. The number of carbonyl (C=O) groups is 1. The summed E-state index contributed by atoms with van der Waals surface area (Å²) >= 11 is 1.37. The van der Waals surface area contributed by atoms with E-state index in [2.05, 4.69) is 4.98 Å². The lowest BCUT2D eigenvalue weighted by atomic mass is 10.1. The van der Waals surface area contributed by atoms with E-state index in [1.807, 2.05) is 49.0 Å². The smallest absolute Gasteiger partial charge is 0.350 e. The third kappa shape index (κ3) is 3.00. The number of carbonyl (C=O) groups excluding carboxylic acids is 1. The minimum atomic E-state index is -0.342. The van der Waals surface area contributed by atoms with Crippen molar-refractivity contribution < 1.29 is 14.3 Å². The number of rotatable bonds is 5. The number of methoxy groups -OCH3 is 1. The molecule has 3 heterocycles. The van der Waals surface area contributed by atoms with Crippen molar-refractivity contribution in [2.45, 2.75) is 13.8 Å². The van der Waals surface area contributed by atoms with Gasteiger partial charge in [-0.25, -0.2) is 9.78 Å². The Bertz CT molecular complexity index is 837. The fraction of sp³-hybridized carbons (Fsp3) is 0.294. The van der Waals surface area contributed by atoms with Gasteiger partial charge in [0.05, 0.1) is 12.3 Å². The fourth-order valence-corrected chi connectivity index (χ4v) is 3.76. The van der Waals surface area contributed by atoms with Gasteiger partial charge in [-0.05, 0) is 37.6 Å². The third-order valence-electron chi connectivity index (χ3n) is 3.53. The molecule has 0 aliphatic rings. The Morgan fingerprint density at radius 3 is 2.70 bits per heavy atom. The van der Waals surface area contributed by atoms with Gasteiger partial charge in [-0.2, -0.15) is 0 Å². The van der Waals surface area contributed by atoms with Crippen LogP contribution >= 0.6 is 11.3 Å². The molecule has 120 valence electrons. The molecule has 3 aromatic heterocycles. The van der Waals surface area contributed by atoms with Crippen LogP contribution in [0.4, 0.5) is 0 Å². The number of aryl methyl sites for hydroxylation is 2. The maximum atomic E-state index is 12.5. The molecule has 0 unspecified atom stereocenters. The van der Waals surface area contributed by atoms with Crippen molar-refractivity contribution in [3.05, 3.63) is 46.7 Å². The van der Waals surface area contributed by atoms with Crippen LogP contribution in [0, 0.1) is 13.8 Å². The first-order valence-electron chi connectivity index (χ1n) is 7.32. The summed E-state index contributed by atoms with van der Waals surface area (Å²) in [5.41, 5.74) is 2.88. The number of hydrogen-bond donors (Lipinski definition) is 0. The second kappa shape index (κ2) is 6.52. The Balaban J connectivity index is 2.15. The molecule has 0 saturated carbocycles. The van der Waals surface area contributed by atoms with E-state index >= 15 is 0 Å². The first kappa shape index (κ1) is 15.7. The summed E-state index contributed by atoms with van der Waals surface area (Å²) in [4.78, 5) is 18.5. The number of esters is 1. The lowest BCUT2D eigenvalue weighted by molar-refractivity contribution is 0.0393. The highest BCUT2D eigenvalue weighted by Gasteiger charge is 2.23. The van der Waals surface area contributed by atoms with Crippen molar-refractivity contribution in [3.8, 4) is 5.69 Å². The summed E-state index contributed by atoms with van der Waals surface area (Å²) in [5, 5.41) is 0.996. The molecular weight excluding hydrogens is 312 g/mol. The van der Waals surface area contributed by atoms with Gasteiger partial charge in [0.2, 0.25) is 0 Å². The van der Waals surface area contributed by atoms with Crippen molar-refractivity contribution >= 4 is 27.5 Å². The maximum absolute atomic E-state index is 12.5. The predicted octanol–water partition coefficient (Wildman–Crippen LogP) is 3.51. The number of fused-ring (bicyclic) bond motifs is 1. The summed E-state index contributed by atoms with van der Waals surface area (Å²) in [6.45, 7) is 4.61. The first-order chi connectivity index (χ1) is 11.1. The highest BCUT2D eigenvalue weighted by molar-refractivity contribution is 7.21. The normalized spacial score (nSPS) is 11.1. The standard InChI is InChI=1S/C17H18N2O3S/c1-11-10-12(2)18-16-13(11)14(19-6-4-5-7-19)15(23-16)17(20)22-9-8-21-3/h4-7,10H,8-9H2,1-3H3. The minimum Gasteiger partial charge on any atom is -0.459 e. The van der Waals surface area contributed by atoms with Gasteiger partial charge in [-0.1, -0.05) is 0 Å². The molecule has 3 aromatic rings. The van der Waals surface area contributed by atoms with Crippen LogP contribution < -0.4 is 0 Å². The molecule has 0 amide bonds. The zero-order valence-corrected chi connectivity index (χ0v) is 14.1. The van der Waals surface area contributed by atoms with Crippen LogP contribution in [0.25, 0.3) is 15.9 Å². The van der Waals surface area contributed by atoms with Crippen molar-refractivity contribution in [2.75, 3.05) is 20.3 Å². The molecule has 0 saturated heterocycles. The predicted molar refractivity (Wildman–Crippen MR) is 90.6 cm³/mol. The average molecular weight is 330 g/mol. The molecule has 6 heteroatoms. The highest BCUT2D eigenvalue weighted by Crippen LogP contribution is 2.36. The van der Waals surface area contributed by atoms with Gasteiger partial charge in [-0.3, -0.25) is 0 Å². The van der Waals surface area contributed by atoms with Crippen molar-refractivity contribution in [2.24, 2.45) is 0 Å². The summed E-state index contributed by atoms with van der Waals surface area (Å²) in [7, 11) is 1.58. The largest absolute Gasteiger partial charge is 0.459 e. The number of thiophene rings is 1. The molecule has 3 rings (SSSR count). The Labute approximate surface area is 138 Å². The zero-order valence-electron chi connectivity index (χ0n) is 13.3. The van der Waals surface area contributed by atoms with E-state index in [0.717, 1.165) is 27.2 Å². The van der Waals surface area contributed by atoms with E-state index in [1.54, 1.807) is 7.11 Å². The summed E-state index contributed by atoms with van der Waals surface area (Å²) in [6.07, 6.45) is 3.85. The SMILES string of the molecule is COCCOC(=O)c1sc2nc(C)cc(C)c2c1-n1cccc1. The summed E-state index contributed by atoms with van der Waals surface area (Å²) in [6, 6.07) is 5.89. The van der Waals surface area contributed by atoms with Gasteiger partial charge in [0.1, 0.15) is 16.3 Å². The van der Waals surface area contributed by atoms with Crippen LogP contribution in [-0.2, 0) is 9.47 Å². The van der Waals surface area contributed by atoms with E-state index in [1.165, 1.54) is 11.3 Å². The average Bonchev–Trinajstić information content (AvgIpc) is 3.13. The van der Waals surface area contributed by atoms with Crippen LogP contribution in [0.3, 0.4) is 0 Å². The molecule has 0 N–H and O–H groups in total. The topological polar surface area (TPSA) is 53.4 Å². The lowest BCUT2D eigenvalue weighted by Gasteiger charge is -2.08. The van der Waals surface area contributed by atoms with Crippen LogP contribution in [0.1, 0.15) is 20.9 Å². The van der Waals surface area contributed by atoms with Gasteiger partial charge < -0.3 is 14.0 Å². The molecule has 23 heavy (non-hydrogen) atoms. The first-order valence-corrected chi connectivity index (χ1v) is 8.13. The molecule has 0 spiro atoms. The highest BCUT2D eigenvalue weighted by atomic mass is 32.1. The van der Waals surface area contributed by atoms with Gasteiger partial charge in [0, 0.05) is 30.6 Å². The van der Waals surface area contributed by atoms with E-state index < -0.39 is 0 Å². The summed E-state index contributed by atoms with van der Waals surface area (Å²) in [5.74, 6) is -0.342. The van der Waals surface area contributed by atoms with Gasteiger partial charge in [0.25, 0.3) is 0 Å². The maximum Gasteiger partial charge on any atom is 0.350 e. The van der Waals surface area contributed by atoms with Gasteiger partial charge in [-0.15, -0.1) is 11.3 Å². The molecule has 0 radical (unpaired) electrons. The second-order valence-corrected chi connectivity index (χ2v) is 6.26. The fourth-order valence-electron chi connectivity index (χ4n) is 2.57. The van der Waals surface area contributed by atoms with Crippen LogP contribution in [0.5, 0.6) is 0 Å². The van der Waals surface area contributed by atoms with Gasteiger partial charge >= 0.3 is 5.97 Å². The third-order valence-corrected chi connectivity index (χ3v) is 4.58. The molecule has 0 aromatic carbocycles. The monoisotopic (exact) mass is 330 g/mol. The summed E-state index contributed by atoms with van der Waals surface area (Å²) < 4.78 is 12.2. The Morgan fingerprint density at radius 2 is 2.00 bits per heavy atom. The number of nitrogens with zero attached hydrogens (tertiary/aromatic N) is 2. The number of aromatic nitrogens is 2. The molecule has 0 bridgehead atoms. The van der Waals surface area contributed by atoms with Crippen LogP contribution in [0.2, 0.25) is 0 Å². The van der Waals surface area contributed by atoms with Crippen molar-refractivity contribution in [3.63, 3.8) is 0 Å².